The molecule has 3 aromatic rings. The Kier molecular flexibility index (Phi) is 15.8. The van der Waals surface area contributed by atoms with Crippen molar-refractivity contribution >= 4 is 29.6 Å². The van der Waals surface area contributed by atoms with Crippen molar-refractivity contribution in [2.24, 2.45) is 11.5 Å². The highest BCUT2D eigenvalue weighted by Gasteiger charge is 2.32. The maximum Gasteiger partial charge on any atom is 0.326 e. The van der Waals surface area contributed by atoms with Crippen molar-refractivity contribution < 1.29 is 49.5 Å². The van der Waals surface area contributed by atoms with Gasteiger partial charge in [-0.25, -0.2) is 4.79 Å². The highest BCUT2D eigenvalue weighted by Crippen LogP contribution is 2.15. The smallest absolute Gasteiger partial charge is 0.326 e. The molecule has 4 amide bonds. The molecular weight excluding hydrogens is 676 g/mol. The van der Waals surface area contributed by atoms with Crippen LogP contribution < -0.4 is 32.7 Å². The van der Waals surface area contributed by atoms with Crippen molar-refractivity contribution in [2.75, 3.05) is 13.2 Å². The summed E-state index contributed by atoms with van der Waals surface area (Å²) < 4.78 is 0. The van der Waals surface area contributed by atoms with Gasteiger partial charge in [-0.05, 0) is 72.5 Å². The molecule has 0 spiro atoms. The largest absolute Gasteiger partial charge is 0.508 e. The van der Waals surface area contributed by atoms with Gasteiger partial charge < -0.3 is 58.3 Å². The molecule has 5 atom stereocenters. The fraction of sp³-hybridized carbons (Fsp3) is 0.361. The van der Waals surface area contributed by atoms with Gasteiger partial charge in [-0.1, -0.05) is 42.8 Å². The van der Waals surface area contributed by atoms with E-state index in [1.807, 2.05) is 0 Å². The summed E-state index contributed by atoms with van der Waals surface area (Å²) in [5.74, 6) is -4.85. The number of aliphatic hydroxyl groups excluding tert-OH is 1. The van der Waals surface area contributed by atoms with Gasteiger partial charge >= 0.3 is 5.97 Å². The van der Waals surface area contributed by atoms with E-state index in [1.165, 1.54) is 72.8 Å². The molecule has 3 rings (SSSR count). The number of amides is 4. The second-order valence-electron chi connectivity index (χ2n) is 12.3. The van der Waals surface area contributed by atoms with E-state index >= 15 is 0 Å². The fourth-order valence-corrected chi connectivity index (χ4v) is 5.15. The summed E-state index contributed by atoms with van der Waals surface area (Å²) in [6.07, 6.45) is 1.04. The van der Waals surface area contributed by atoms with Crippen molar-refractivity contribution in [3.8, 4) is 17.2 Å². The van der Waals surface area contributed by atoms with E-state index < -0.39 is 66.4 Å². The molecule has 16 nitrogen and oxygen atoms in total. The molecule has 0 saturated heterocycles. The Morgan fingerprint density at radius 1 is 0.538 bits per heavy atom. The second-order valence-corrected chi connectivity index (χ2v) is 12.3. The number of aromatic hydroxyl groups is 3. The molecule has 3 aromatic carbocycles. The minimum absolute atomic E-state index is 0.0279. The Hall–Kier alpha value is -5.71. The van der Waals surface area contributed by atoms with Gasteiger partial charge in [0.25, 0.3) is 0 Å². The highest BCUT2D eigenvalue weighted by molar-refractivity contribution is 5.95. The topological polar surface area (TPSA) is 287 Å². The summed E-state index contributed by atoms with van der Waals surface area (Å²) in [5, 5.41) is 58.9. The normalized spacial score (nSPS) is 13.8. The highest BCUT2D eigenvalue weighted by atomic mass is 16.4. The third-order valence-electron chi connectivity index (χ3n) is 8.13. The molecule has 0 aromatic heterocycles. The number of carbonyl (C=O) groups is 5. The molecule has 0 bridgehead atoms. The number of aliphatic hydroxyl groups is 1. The first kappa shape index (κ1) is 40.7. The summed E-state index contributed by atoms with van der Waals surface area (Å²) in [6.45, 7) is -0.415. The van der Waals surface area contributed by atoms with Crippen LogP contribution in [0.3, 0.4) is 0 Å². The molecule has 280 valence electrons. The van der Waals surface area contributed by atoms with Crippen LogP contribution in [0.2, 0.25) is 0 Å². The maximum atomic E-state index is 13.9. The van der Waals surface area contributed by atoms with Crippen LogP contribution in [0.25, 0.3) is 0 Å². The van der Waals surface area contributed by atoms with Crippen molar-refractivity contribution in [2.45, 2.75) is 68.7 Å². The van der Waals surface area contributed by atoms with Crippen molar-refractivity contribution in [1.29, 1.82) is 0 Å². The van der Waals surface area contributed by atoms with E-state index in [2.05, 4.69) is 21.3 Å². The number of hydrogen-bond donors (Lipinski definition) is 11. The van der Waals surface area contributed by atoms with Crippen LogP contribution in [-0.4, -0.2) is 98.5 Å². The number of hydrogen-bond acceptors (Lipinski definition) is 11. The first-order valence-electron chi connectivity index (χ1n) is 16.6. The molecule has 0 saturated carbocycles. The van der Waals surface area contributed by atoms with Crippen LogP contribution >= 0.6 is 0 Å². The van der Waals surface area contributed by atoms with Gasteiger partial charge in [-0.3, -0.25) is 19.2 Å². The Morgan fingerprint density at radius 3 is 1.25 bits per heavy atom. The zero-order chi connectivity index (χ0) is 38.2. The Labute approximate surface area is 300 Å². The molecular formula is C36H46N6O10. The van der Waals surface area contributed by atoms with Crippen LogP contribution in [0.15, 0.2) is 72.8 Å². The van der Waals surface area contributed by atoms with E-state index in [1.54, 1.807) is 0 Å². The van der Waals surface area contributed by atoms with Gasteiger partial charge in [-0.15, -0.1) is 0 Å². The van der Waals surface area contributed by atoms with E-state index in [0.29, 0.717) is 36.1 Å². The second kappa shape index (κ2) is 20.2. The molecule has 0 aliphatic heterocycles. The monoisotopic (exact) mass is 722 g/mol. The summed E-state index contributed by atoms with van der Waals surface area (Å²) in [6, 6.07) is 10.6. The zero-order valence-corrected chi connectivity index (χ0v) is 28.4. The maximum absolute atomic E-state index is 13.9. The summed E-state index contributed by atoms with van der Waals surface area (Å²) in [5.41, 5.74) is 12.9. The lowest BCUT2D eigenvalue weighted by atomic mass is 10.0. The molecule has 13 N–H and O–H groups in total. The van der Waals surface area contributed by atoms with E-state index in [-0.39, 0.29) is 42.9 Å². The number of rotatable bonds is 20. The van der Waals surface area contributed by atoms with Gasteiger partial charge in [-0.2, -0.15) is 0 Å². The summed E-state index contributed by atoms with van der Waals surface area (Å²) in [7, 11) is 0. The van der Waals surface area contributed by atoms with E-state index in [4.69, 9.17) is 11.5 Å². The lowest BCUT2D eigenvalue weighted by Gasteiger charge is -2.26. The number of nitrogens with one attached hydrogen (secondary N) is 4. The van der Waals surface area contributed by atoms with Gasteiger partial charge in [0.15, 0.2) is 0 Å². The number of carbonyl (C=O) groups excluding carboxylic acids is 4. The van der Waals surface area contributed by atoms with Crippen molar-refractivity contribution in [1.82, 2.24) is 21.3 Å². The Bertz CT molecular complexity index is 1640. The number of phenols is 3. The lowest BCUT2D eigenvalue weighted by molar-refractivity contribution is -0.142. The number of aliphatic carboxylic acids is 1. The van der Waals surface area contributed by atoms with Crippen molar-refractivity contribution in [3.05, 3.63) is 89.5 Å². The first-order chi connectivity index (χ1) is 24.8. The number of carboxylic acid groups (broad SMARTS) is 1. The standard InChI is InChI=1S/C36H46N6O10/c37-16-2-1-3-27(38)32(47)42-31(20-43)35(50)40-28(17-21-4-10-24(44)11-5-21)33(48)39-29(18-22-6-12-25(45)13-7-22)34(49)41-30(36(51)52)19-23-8-14-26(46)15-9-23/h4-15,27-31,43-46H,1-3,16-20,37-38H2,(H,39,48)(H,40,50)(H,41,49)(H,42,47)(H,51,52)/t27-,28-,29-,30-,31-/m0/s1. The quantitative estimate of drug-likeness (QED) is 0.0646. The molecule has 0 radical (unpaired) electrons. The first-order valence-corrected chi connectivity index (χ1v) is 16.6. The Balaban J connectivity index is 1.86. The molecule has 0 aliphatic rings. The number of carboxylic acids is 1. The molecule has 0 heterocycles. The lowest BCUT2D eigenvalue weighted by Crippen LogP contribution is -2.60. The number of nitrogens with two attached hydrogens (primary N) is 2. The van der Waals surface area contributed by atoms with Gasteiger partial charge in [0.2, 0.25) is 23.6 Å². The number of unbranched alkanes of at least 4 members (excludes halogenated alkanes) is 1. The Morgan fingerprint density at radius 2 is 0.885 bits per heavy atom. The average molecular weight is 723 g/mol. The minimum Gasteiger partial charge on any atom is -0.508 e. The SMILES string of the molecule is NCCCC[C@H](N)C(=O)N[C@@H](CO)C(=O)N[C@@H](Cc1ccc(O)cc1)C(=O)N[C@@H](Cc1ccc(O)cc1)C(=O)N[C@@H](Cc1ccc(O)cc1)C(=O)O. The predicted molar refractivity (Wildman–Crippen MR) is 189 cm³/mol. The minimum atomic E-state index is -1.49. The van der Waals surface area contributed by atoms with Gasteiger partial charge in [0.1, 0.15) is 41.4 Å². The van der Waals surface area contributed by atoms with Crippen LogP contribution in [0.5, 0.6) is 17.2 Å². The third kappa shape index (κ3) is 13.2. The average Bonchev–Trinajstić information content (AvgIpc) is 3.12. The number of phenolic OH excluding ortho intramolecular Hbond substituents is 3. The molecule has 16 heteroatoms. The van der Waals surface area contributed by atoms with Crippen LogP contribution in [-0.2, 0) is 43.2 Å². The third-order valence-corrected chi connectivity index (χ3v) is 8.13. The number of benzene rings is 3. The summed E-state index contributed by atoms with van der Waals surface area (Å²) >= 11 is 0. The van der Waals surface area contributed by atoms with E-state index in [9.17, 15) is 49.5 Å². The van der Waals surface area contributed by atoms with Gasteiger partial charge in [0, 0.05) is 19.3 Å². The zero-order valence-electron chi connectivity index (χ0n) is 28.4. The van der Waals surface area contributed by atoms with Crippen molar-refractivity contribution in [3.63, 3.8) is 0 Å². The van der Waals surface area contributed by atoms with Crippen LogP contribution in [0.4, 0.5) is 0 Å². The predicted octanol–water partition coefficient (Wildman–Crippen LogP) is -0.696. The van der Waals surface area contributed by atoms with Gasteiger partial charge in [0.05, 0.1) is 12.6 Å². The van der Waals surface area contributed by atoms with Crippen LogP contribution in [0, 0.1) is 0 Å². The molecule has 0 fully saturated rings. The molecule has 52 heavy (non-hydrogen) atoms. The van der Waals surface area contributed by atoms with Crippen LogP contribution in [0.1, 0.15) is 36.0 Å². The fourth-order valence-electron chi connectivity index (χ4n) is 5.15. The van der Waals surface area contributed by atoms with E-state index in [0.717, 1.165) is 0 Å². The summed E-state index contributed by atoms with van der Waals surface area (Å²) in [4.78, 5) is 65.8. The molecule has 0 aliphatic carbocycles. The molecule has 0 unspecified atom stereocenters.